The molecule has 2 rings (SSSR count). The van der Waals surface area contributed by atoms with Crippen LogP contribution in [0.25, 0.3) is 0 Å². The Kier molecular flexibility index (Phi) is 4.04. The van der Waals surface area contributed by atoms with Crippen molar-refractivity contribution in [1.82, 2.24) is 15.0 Å². The number of hydrogen-bond donors (Lipinski definition) is 1. The minimum absolute atomic E-state index is 0.149. The van der Waals surface area contributed by atoms with Crippen molar-refractivity contribution in [2.75, 3.05) is 6.61 Å². The monoisotopic (exact) mass is 249 g/mol. The van der Waals surface area contributed by atoms with E-state index in [4.69, 9.17) is 5.11 Å². The smallest absolute Gasteiger partial charge is 0.123 e. The van der Waals surface area contributed by atoms with E-state index in [1.807, 2.05) is 13.1 Å². The van der Waals surface area contributed by atoms with Crippen LogP contribution in [-0.4, -0.2) is 26.7 Å². The molecule has 0 aliphatic carbocycles. The number of rotatable bonds is 5. The fourth-order valence-corrected chi connectivity index (χ4v) is 1.78. The molecule has 0 atom stereocenters. The highest BCUT2D eigenvalue weighted by Gasteiger charge is 2.04. The molecule has 1 aromatic heterocycles. The number of aliphatic hydroxyl groups is 1. The molecule has 0 spiro atoms. The number of nitrogens with zero attached hydrogens (tertiary/aromatic N) is 3. The summed E-state index contributed by atoms with van der Waals surface area (Å²) in [6.45, 7) is 2.60. The van der Waals surface area contributed by atoms with E-state index in [9.17, 15) is 4.39 Å². The van der Waals surface area contributed by atoms with Gasteiger partial charge in [0.05, 0.1) is 12.2 Å². The lowest BCUT2D eigenvalue weighted by atomic mass is 10.1. The topological polar surface area (TPSA) is 50.9 Å². The van der Waals surface area contributed by atoms with Crippen molar-refractivity contribution in [2.45, 2.75) is 26.3 Å². The maximum absolute atomic E-state index is 13.1. The maximum atomic E-state index is 13.1. The zero-order chi connectivity index (χ0) is 13.0. The van der Waals surface area contributed by atoms with Gasteiger partial charge in [-0.15, -0.1) is 5.10 Å². The van der Waals surface area contributed by atoms with Crippen molar-refractivity contribution in [1.29, 1.82) is 0 Å². The number of aromatic nitrogens is 3. The van der Waals surface area contributed by atoms with Crippen LogP contribution in [0.5, 0.6) is 0 Å². The molecule has 0 amide bonds. The molecule has 0 bridgehead atoms. The highest BCUT2D eigenvalue weighted by molar-refractivity contribution is 5.26. The van der Waals surface area contributed by atoms with Crippen molar-refractivity contribution in [3.63, 3.8) is 0 Å². The Bertz CT molecular complexity index is 525. The van der Waals surface area contributed by atoms with Gasteiger partial charge in [-0.2, -0.15) is 0 Å². The third-order valence-corrected chi connectivity index (χ3v) is 2.82. The van der Waals surface area contributed by atoms with Crippen LogP contribution in [-0.2, 0) is 13.0 Å². The van der Waals surface area contributed by atoms with Crippen molar-refractivity contribution >= 4 is 0 Å². The number of aryl methyl sites for hydroxylation is 2. The van der Waals surface area contributed by atoms with Crippen molar-refractivity contribution in [3.05, 3.63) is 47.0 Å². The van der Waals surface area contributed by atoms with Gasteiger partial charge < -0.3 is 5.11 Å². The predicted octanol–water partition coefficient (Wildman–Crippen LogP) is 1.70. The highest BCUT2D eigenvalue weighted by atomic mass is 19.1. The second kappa shape index (κ2) is 5.73. The molecule has 2 aromatic rings. The van der Waals surface area contributed by atoms with Gasteiger partial charge in [0, 0.05) is 12.8 Å². The molecule has 1 heterocycles. The molecule has 96 valence electrons. The summed E-state index contributed by atoms with van der Waals surface area (Å²) < 4.78 is 14.8. The minimum Gasteiger partial charge on any atom is -0.396 e. The molecule has 1 aromatic carbocycles. The highest BCUT2D eigenvalue weighted by Crippen LogP contribution is 2.11. The van der Waals surface area contributed by atoms with Gasteiger partial charge in [0.2, 0.25) is 0 Å². The third-order valence-electron chi connectivity index (χ3n) is 2.82. The van der Waals surface area contributed by atoms with Gasteiger partial charge in [0.1, 0.15) is 5.82 Å². The van der Waals surface area contributed by atoms with Crippen LogP contribution in [0.2, 0.25) is 0 Å². The number of halogens is 1. The van der Waals surface area contributed by atoms with Crippen LogP contribution < -0.4 is 0 Å². The predicted molar refractivity (Wildman–Crippen MR) is 65.7 cm³/mol. The second-order valence-corrected chi connectivity index (χ2v) is 4.31. The van der Waals surface area contributed by atoms with E-state index in [1.54, 1.807) is 10.7 Å². The molecule has 0 unspecified atom stereocenters. The first-order valence-corrected chi connectivity index (χ1v) is 5.94. The Labute approximate surface area is 105 Å². The molecule has 5 heteroatoms. The summed E-state index contributed by atoms with van der Waals surface area (Å²) in [4.78, 5) is 0. The summed E-state index contributed by atoms with van der Waals surface area (Å²) in [5.41, 5.74) is 2.77. The van der Waals surface area contributed by atoms with Gasteiger partial charge in [-0.3, -0.25) is 0 Å². The summed E-state index contributed by atoms with van der Waals surface area (Å²) in [6.07, 6.45) is 3.22. The Morgan fingerprint density at radius 3 is 3.00 bits per heavy atom. The number of hydrogen-bond acceptors (Lipinski definition) is 3. The molecule has 0 saturated carbocycles. The van der Waals surface area contributed by atoms with E-state index >= 15 is 0 Å². The van der Waals surface area contributed by atoms with Crippen LogP contribution in [0.4, 0.5) is 4.39 Å². The van der Waals surface area contributed by atoms with Crippen LogP contribution in [0, 0.1) is 12.7 Å². The van der Waals surface area contributed by atoms with E-state index in [0.29, 0.717) is 19.4 Å². The molecular formula is C13H16FN3O. The number of aliphatic hydroxyl groups excluding tert-OH is 1. The minimum atomic E-state index is -0.240. The van der Waals surface area contributed by atoms with Gasteiger partial charge in [0.15, 0.2) is 0 Å². The first-order valence-electron chi connectivity index (χ1n) is 5.94. The molecule has 18 heavy (non-hydrogen) atoms. The average molecular weight is 249 g/mol. The fraction of sp³-hybridized carbons (Fsp3) is 0.385. The quantitative estimate of drug-likeness (QED) is 0.877. The summed E-state index contributed by atoms with van der Waals surface area (Å²) in [5.74, 6) is -0.240. The zero-order valence-electron chi connectivity index (χ0n) is 10.3. The lowest BCUT2D eigenvalue weighted by Gasteiger charge is -2.05. The Morgan fingerprint density at radius 2 is 2.22 bits per heavy atom. The lowest BCUT2D eigenvalue weighted by Crippen LogP contribution is -2.02. The zero-order valence-corrected chi connectivity index (χ0v) is 10.3. The summed E-state index contributed by atoms with van der Waals surface area (Å²) in [5, 5.41) is 16.7. The Balaban J connectivity index is 2.08. The molecule has 0 saturated heterocycles. The van der Waals surface area contributed by atoms with E-state index in [0.717, 1.165) is 16.8 Å². The summed E-state index contributed by atoms with van der Waals surface area (Å²) in [6, 6.07) is 4.73. The molecule has 0 aliphatic heterocycles. The first kappa shape index (κ1) is 12.7. The third kappa shape index (κ3) is 3.13. The second-order valence-electron chi connectivity index (χ2n) is 4.31. The SMILES string of the molecule is Cc1ccc(F)cc1Cn1cc(CCCO)nn1. The van der Waals surface area contributed by atoms with Crippen LogP contribution in [0.15, 0.2) is 24.4 Å². The number of benzene rings is 1. The van der Waals surface area contributed by atoms with E-state index in [2.05, 4.69) is 10.3 Å². The van der Waals surface area contributed by atoms with Gasteiger partial charge >= 0.3 is 0 Å². The van der Waals surface area contributed by atoms with Gasteiger partial charge in [0.25, 0.3) is 0 Å². The van der Waals surface area contributed by atoms with Gasteiger partial charge in [-0.1, -0.05) is 11.3 Å². The molecule has 1 N–H and O–H groups in total. The molecule has 4 nitrogen and oxygen atoms in total. The molecule has 0 radical (unpaired) electrons. The summed E-state index contributed by atoms with van der Waals surface area (Å²) >= 11 is 0. The van der Waals surface area contributed by atoms with E-state index < -0.39 is 0 Å². The van der Waals surface area contributed by atoms with Crippen molar-refractivity contribution in [2.24, 2.45) is 0 Å². The van der Waals surface area contributed by atoms with E-state index in [-0.39, 0.29) is 12.4 Å². The van der Waals surface area contributed by atoms with Crippen molar-refractivity contribution in [3.8, 4) is 0 Å². The normalized spacial score (nSPS) is 10.8. The molecular weight excluding hydrogens is 233 g/mol. The Morgan fingerprint density at radius 1 is 1.39 bits per heavy atom. The fourth-order valence-electron chi connectivity index (χ4n) is 1.78. The van der Waals surface area contributed by atoms with Crippen LogP contribution >= 0.6 is 0 Å². The van der Waals surface area contributed by atoms with E-state index in [1.165, 1.54) is 12.1 Å². The maximum Gasteiger partial charge on any atom is 0.123 e. The standard InChI is InChI=1S/C13H16FN3O/c1-10-4-5-12(14)7-11(10)8-17-9-13(15-16-17)3-2-6-18/h4-5,7,9,18H,2-3,6,8H2,1H3. The van der Waals surface area contributed by atoms with Gasteiger partial charge in [-0.05, 0) is 43.0 Å². The van der Waals surface area contributed by atoms with Crippen LogP contribution in [0.1, 0.15) is 23.2 Å². The van der Waals surface area contributed by atoms with Gasteiger partial charge in [-0.25, -0.2) is 9.07 Å². The molecule has 0 fully saturated rings. The lowest BCUT2D eigenvalue weighted by molar-refractivity contribution is 0.288. The van der Waals surface area contributed by atoms with Crippen molar-refractivity contribution < 1.29 is 9.50 Å². The summed E-state index contributed by atoms with van der Waals surface area (Å²) in [7, 11) is 0. The molecule has 0 aliphatic rings. The van der Waals surface area contributed by atoms with Crippen LogP contribution in [0.3, 0.4) is 0 Å². The first-order chi connectivity index (χ1) is 8.69. The largest absolute Gasteiger partial charge is 0.396 e. The Hall–Kier alpha value is -1.75. The average Bonchev–Trinajstić information content (AvgIpc) is 2.79.